The van der Waals surface area contributed by atoms with Gasteiger partial charge in [0.05, 0.1) is 6.04 Å². The minimum absolute atomic E-state index is 0.180. The highest BCUT2D eigenvalue weighted by molar-refractivity contribution is 5.93. The molecule has 1 saturated heterocycles. The van der Waals surface area contributed by atoms with Gasteiger partial charge in [0, 0.05) is 6.42 Å². The summed E-state index contributed by atoms with van der Waals surface area (Å²) in [6.07, 6.45) is 0.959. The Bertz CT molecular complexity index is 968. The van der Waals surface area contributed by atoms with E-state index in [4.69, 9.17) is 4.74 Å². The summed E-state index contributed by atoms with van der Waals surface area (Å²) >= 11 is 0. The van der Waals surface area contributed by atoms with Gasteiger partial charge in [-0.25, -0.2) is 9.69 Å². The van der Waals surface area contributed by atoms with E-state index in [1.54, 1.807) is 0 Å². The van der Waals surface area contributed by atoms with Gasteiger partial charge in [0.1, 0.15) is 6.61 Å². The summed E-state index contributed by atoms with van der Waals surface area (Å²) in [4.78, 5) is 26.2. The van der Waals surface area contributed by atoms with Crippen LogP contribution in [0, 0.1) is 0 Å². The lowest BCUT2D eigenvalue weighted by atomic mass is 10.0. The molecule has 4 heteroatoms. The summed E-state index contributed by atoms with van der Waals surface area (Å²) in [7, 11) is 0. The van der Waals surface area contributed by atoms with Crippen LogP contribution in [0.3, 0.4) is 0 Å². The van der Waals surface area contributed by atoms with Crippen LogP contribution in [0.5, 0.6) is 0 Å². The second-order valence-electron chi connectivity index (χ2n) is 7.25. The first kappa shape index (κ1) is 18.9. The third-order valence-electron chi connectivity index (χ3n) is 5.23. The molecule has 0 unspecified atom stereocenters. The van der Waals surface area contributed by atoms with E-state index in [-0.39, 0.29) is 25.0 Å². The van der Waals surface area contributed by atoms with Crippen LogP contribution in [0.4, 0.5) is 4.79 Å². The molecular weight excluding hydrogens is 362 g/mol. The summed E-state index contributed by atoms with van der Waals surface area (Å²) in [5, 5.41) is 0. The van der Waals surface area contributed by atoms with Crippen LogP contribution in [0.15, 0.2) is 84.9 Å². The Morgan fingerprint density at radius 2 is 1.45 bits per heavy atom. The van der Waals surface area contributed by atoms with Gasteiger partial charge in [-0.1, -0.05) is 84.9 Å². The van der Waals surface area contributed by atoms with Crippen molar-refractivity contribution in [1.82, 2.24) is 4.90 Å². The average molecular weight is 385 g/mol. The van der Waals surface area contributed by atoms with Crippen LogP contribution in [-0.2, 0) is 22.4 Å². The number of hydrogen-bond acceptors (Lipinski definition) is 3. The van der Waals surface area contributed by atoms with Crippen LogP contribution >= 0.6 is 0 Å². The molecule has 0 aromatic heterocycles. The van der Waals surface area contributed by atoms with Gasteiger partial charge in [-0.05, 0) is 35.1 Å². The maximum absolute atomic E-state index is 12.7. The van der Waals surface area contributed by atoms with Crippen molar-refractivity contribution in [3.05, 3.63) is 96.1 Å². The van der Waals surface area contributed by atoms with Gasteiger partial charge in [0.2, 0.25) is 5.91 Å². The van der Waals surface area contributed by atoms with Crippen LogP contribution in [0.2, 0.25) is 0 Å². The van der Waals surface area contributed by atoms with Crippen LogP contribution in [-0.4, -0.2) is 29.5 Å². The maximum Gasteiger partial charge on any atom is 0.416 e. The molecule has 1 atom stereocenters. The topological polar surface area (TPSA) is 46.6 Å². The molecule has 1 aliphatic heterocycles. The number of carbonyl (C=O) groups excluding carboxylic acids is 2. The molecule has 0 radical (unpaired) electrons. The summed E-state index contributed by atoms with van der Waals surface area (Å²) in [5.41, 5.74) is 4.47. The molecule has 3 aromatic carbocycles. The molecule has 2 amide bonds. The van der Waals surface area contributed by atoms with Crippen molar-refractivity contribution in [3.63, 3.8) is 0 Å². The standard InChI is InChI=1S/C25H23NO3/c27-24(26-23(18-29-25(26)28)17-20-7-3-1-4-8-20)16-13-19-11-14-22(15-12-19)21-9-5-2-6-10-21/h1-12,14-15,23H,13,16-18H2/t23-/m1/s1. The first-order valence-corrected chi connectivity index (χ1v) is 9.88. The second-order valence-corrected chi connectivity index (χ2v) is 7.25. The number of imide groups is 1. The molecule has 1 fully saturated rings. The van der Waals surface area contributed by atoms with Crippen molar-refractivity contribution < 1.29 is 14.3 Å². The molecule has 0 saturated carbocycles. The predicted molar refractivity (Wildman–Crippen MR) is 112 cm³/mol. The molecule has 0 spiro atoms. The number of ether oxygens (including phenoxy) is 1. The van der Waals surface area contributed by atoms with E-state index in [0.717, 1.165) is 16.7 Å². The Kier molecular flexibility index (Phi) is 5.71. The van der Waals surface area contributed by atoms with Gasteiger partial charge >= 0.3 is 6.09 Å². The second kappa shape index (κ2) is 8.74. The number of benzene rings is 3. The summed E-state index contributed by atoms with van der Waals surface area (Å²) in [6, 6.07) is 28.0. The highest BCUT2D eigenvalue weighted by Gasteiger charge is 2.37. The van der Waals surface area contributed by atoms with E-state index in [9.17, 15) is 9.59 Å². The Morgan fingerprint density at radius 3 is 2.14 bits per heavy atom. The monoisotopic (exact) mass is 385 g/mol. The highest BCUT2D eigenvalue weighted by Crippen LogP contribution is 2.21. The number of nitrogens with zero attached hydrogens (tertiary/aromatic N) is 1. The fourth-order valence-corrected chi connectivity index (χ4v) is 3.67. The van der Waals surface area contributed by atoms with Gasteiger partial charge in [-0.15, -0.1) is 0 Å². The van der Waals surface area contributed by atoms with Gasteiger partial charge in [0.25, 0.3) is 0 Å². The number of rotatable bonds is 6. The summed E-state index contributed by atoms with van der Waals surface area (Å²) in [5.74, 6) is -0.180. The Morgan fingerprint density at radius 1 is 0.828 bits per heavy atom. The van der Waals surface area contributed by atoms with Crippen molar-refractivity contribution in [1.29, 1.82) is 0 Å². The van der Waals surface area contributed by atoms with E-state index in [1.807, 2.05) is 60.7 Å². The van der Waals surface area contributed by atoms with Crippen LogP contribution in [0.25, 0.3) is 11.1 Å². The van der Waals surface area contributed by atoms with Gasteiger partial charge < -0.3 is 4.74 Å². The van der Waals surface area contributed by atoms with Crippen molar-refractivity contribution in [2.45, 2.75) is 25.3 Å². The first-order valence-electron chi connectivity index (χ1n) is 9.88. The number of carbonyl (C=O) groups is 2. The van der Waals surface area contributed by atoms with Crippen molar-refractivity contribution in [2.24, 2.45) is 0 Å². The van der Waals surface area contributed by atoms with Crippen LogP contribution < -0.4 is 0 Å². The molecule has 1 heterocycles. The predicted octanol–water partition coefficient (Wildman–Crippen LogP) is 4.88. The number of cyclic esters (lactones) is 1. The molecule has 3 aromatic rings. The normalized spacial score (nSPS) is 15.9. The van der Waals surface area contributed by atoms with Crippen LogP contribution in [0.1, 0.15) is 17.5 Å². The van der Waals surface area contributed by atoms with Crippen molar-refractivity contribution in [2.75, 3.05) is 6.61 Å². The summed E-state index contributed by atoms with van der Waals surface area (Å²) < 4.78 is 5.15. The number of amides is 2. The molecule has 4 rings (SSSR count). The zero-order valence-corrected chi connectivity index (χ0v) is 16.2. The van der Waals surface area contributed by atoms with E-state index in [2.05, 4.69) is 24.3 Å². The Balaban J connectivity index is 1.37. The van der Waals surface area contributed by atoms with Gasteiger partial charge in [-0.3, -0.25) is 4.79 Å². The van der Waals surface area contributed by atoms with E-state index in [0.29, 0.717) is 12.8 Å². The van der Waals surface area contributed by atoms with Crippen molar-refractivity contribution >= 4 is 12.0 Å². The summed E-state index contributed by atoms with van der Waals surface area (Å²) in [6.45, 7) is 0.255. The fourth-order valence-electron chi connectivity index (χ4n) is 3.67. The first-order chi connectivity index (χ1) is 14.2. The van der Waals surface area contributed by atoms with E-state index >= 15 is 0 Å². The molecule has 0 aliphatic carbocycles. The lowest BCUT2D eigenvalue weighted by molar-refractivity contribution is -0.129. The molecule has 4 nitrogen and oxygen atoms in total. The SMILES string of the molecule is O=C(CCc1ccc(-c2ccccc2)cc1)N1C(=O)OC[C@H]1Cc1ccccc1. The Labute approximate surface area is 170 Å². The third-order valence-corrected chi connectivity index (χ3v) is 5.23. The largest absolute Gasteiger partial charge is 0.447 e. The van der Waals surface area contributed by atoms with E-state index in [1.165, 1.54) is 10.5 Å². The van der Waals surface area contributed by atoms with E-state index < -0.39 is 6.09 Å². The number of hydrogen-bond donors (Lipinski definition) is 0. The van der Waals surface area contributed by atoms with Crippen molar-refractivity contribution in [3.8, 4) is 11.1 Å². The lowest BCUT2D eigenvalue weighted by Crippen LogP contribution is -2.40. The molecule has 0 bridgehead atoms. The molecular formula is C25H23NO3. The molecule has 1 aliphatic rings. The van der Waals surface area contributed by atoms with Gasteiger partial charge in [-0.2, -0.15) is 0 Å². The molecule has 29 heavy (non-hydrogen) atoms. The molecule has 146 valence electrons. The van der Waals surface area contributed by atoms with Gasteiger partial charge in [0.15, 0.2) is 0 Å². The zero-order chi connectivity index (χ0) is 20.1. The number of aryl methyl sites for hydroxylation is 1. The minimum Gasteiger partial charge on any atom is -0.447 e. The zero-order valence-electron chi connectivity index (χ0n) is 16.2. The molecule has 0 N–H and O–H groups in total. The average Bonchev–Trinajstić information content (AvgIpc) is 3.13. The quantitative estimate of drug-likeness (QED) is 0.608. The highest BCUT2D eigenvalue weighted by atomic mass is 16.6. The Hall–Kier alpha value is -3.40. The lowest BCUT2D eigenvalue weighted by Gasteiger charge is -2.19. The smallest absolute Gasteiger partial charge is 0.416 e. The minimum atomic E-state index is -0.532. The fraction of sp³-hybridized carbons (Fsp3) is 0.200. The third kappa shape index (κ3) is 4.54. The maximum atomic E-state index is 12.7.